The molecule has 0 bridgehead atoms. The Kier molecular flexibility index (Phi) is 2.66. The highest BCUT2D eigenvalue weighted by atomic mass is 35.5. The number of halogens is 1. The SMILES string of the molecule is Clc1cccc2oc3nc4c5ccccc5c5ccccc5c4nc3c12. The molecule has 6 aromatic rings. The Morgan fingerprint density at radius 2 is 1.23 bits per heavy atom. The Balaban J connectivity index is 1.96. The first kappa shape index (κ1) is 14.0. The molecule has 0 fully saturated rings. The fraction of sp³-hybridized carbons (Fsp3) is 0. The minimum absolute atomic E-state index is 0.515. The first-order valence-corrected chi connectivity index (χ1v) is 8.77. The molecule has 2 heterocycles. The van der Waals surface area contributed by atoms with Crippen LogP contribution in [0, 0.1) is 0 Å². The van der Waals surface area contributed by atoms with Crippen LogP contribution in [0.15, 0.2) is 71.1 Å². The van der Waals surface area contributed by atoms with E-state index in [0.29, 0.717) is 21.8 Å². The summed E-state index contributed by atoms with van der Waals surface area (Å²) in [6.07, 6.45) is 0. The number of hydrogen-bond donors (Lipinski definition) is 0. The van der Waals surface area contributed by atoms with E-state index in [4.69, 9.17) is 26.0 Å². The lowest BCUT2D eigenvalue weighted by atomic mass is 9.99. The average molecular weight is 355 g/mol. The Morgan fingerprint density at radius 1 is 0.615 bits per heavy atom. The van der Waals surface area contributed by atoms with E-state index in [1.165, 1.54) is 10.8 Å². The number of furan rings is 1. The maximum Gasteiger partial charge on any atom is 0.246 e. The van der Waals surface area contributed by atoms with Gasteiger partial charge in [0.25, 0.3) is 0 Å². The topological polar surface area (TPSA) is 38.9 Å². The molecule has 3 nitrogen and oxygen atoms in total. The highest BCUT2D eigenvalue weighted by Gasteiger charge is 2.17. The largest absolute Gasteiger partial charge is 0.436 e. The van der Waals surface area contributed by atoms with E-state index in [9.17, 15) is 0 Å². The molecule has 0 aliphatic heterocycles. The molecule has 0 N–H and O–H groups in total. The van der Waals surface area contributed by atoms with Crippen molar-refractivity contribution in [3.05, 3.63) is 71.8 Å². The standard InChI is InChI=1S/C22H11ClN2O/c23-16-10-5-11-17-18(16)21-22(26-17)25-20-15-9-4-2-7-13(15)12-6-1-3-8-14(12)19(20)24-21/h1-11H. The molecule has 122 valence electrons. The molecule has 6 rings (SSSR count). The zero-order valence-electron chi connectivity index (χ0n) is 13.5. The van der Waals surface area contributed by atoms with Gasteiger partial charge in [-0.05, 0) is 22.9 Å². The van der Waals surface area contributed by atoms with Crippen molar-refractivity contribution < 1.29 is 4.42 Å². The van der Waals surface area contributed by atoms with Crippen molar-refractivity contribution in [1.82, 2.24) is 9.97 Å². The van der Waals surface area contributed by atoms with Gasteiger partial charge >= 0.3 is 0 Å². The van der Waals surface area contributed by atoms with E-state index in [1.807, 2.05) is 36.4 Å². The molecule has 0 saturated heterocycles. The number of hydrogen-bond acceptors (Lipinski definition) is 3. The first-order chi connectivity index (χ1) is 12.8. The normalized spacial score (nSPS) is 12.0. The molecular weight excluding hydrogens is 344 g/mol. The van der Waals surface area contributed by atoms with Crippen molar-refractivity contribution in [3.8, 4) is 0 Å². The van der Waals surface area contributed by atoms with E-state index >= 15 is 0 Å². The van der Waals surface area contributed by atoms with Crippen LogP contribution >= 0.6 is 11.6 Å². The molecular formula is C22H11ClN2O. The molecule has 2 aromatic heterocycles. The number of nitrogens with zero attached hydrogens (tertiary/aromatic N) is 2. The lowest BCUT2D eigenvalue weighted by Gasteiger charge is -2.08. The van der Waals surface area contributed by atoms with Gasteiger partial charge < -0.3 is 4.42 Å². The van der Waals surface area contributed by atoms with Gasteiger partial charge in [0.05, 0.1) is 15.9 Å². The molecule has 4 heteroatoms. The molecule has 0 aliphatic carbocycles. The maximum atomic E-state index is 6.41. The molecule has 0 spiro atoms. The predicted molar refractivity (Wildman–Crippen MR) is 107 cm³/mol. The van der Waals surface area contributed by atoms with Crippen molar-refractivity contribution in [3.63, 3.8) is 0 Å². The van der Waals surface area contributed by atoms with Crippen LogP contribution in [0.25, 0.3) is 54.8 Å². The van der Waals surface area contributed by atoms with E-state index in [2.05, 4.69) is 30.3 Å². The van der Waals surface area contributed by atoms with Gasteiger partial charge in [-0.1, -0.05) is 66.2 Å². The minimum Gasteiger partial charge on any atom is -0.436 e. The third-order valence-corrected chi connectivity index (χ3v) is 5.25. The summed E-state index contributed by atoms with van der Waals surface area (Å²) < 4.78 is 5.94. The average Bonchev–Trinajstić information content (AvgIpc) is 3.06. The summed E-state index contributed by atoms with van der Waals surface area (Å²) in [4.78, 5) is 9.81. The summed E-state index contributed by atoms with van der Waals surface area (Å²) in [6, 6.07) is 22.2. The van der Waals surface area contributed by atoms with Crippen molar-refractivity contribution in [2.45, 2.75) is 0 Å². The zero-order valence-corrected chi connectivity index (χ0v) is 14.3. The summed E-state index contributed by atoms with van der Waals surface area (Å²) in [6.45, 7) is 0. The molecule has 0 radical (unpaired) electrons. The van der Waals surface area contributed by atoms with Crippen LogP contribution in [-0.2, 0) is 0 Å². The quantitative estimate of drug-likeness (QED) is 0.293. The Morgan fingerprint density at radius 3 is 1.92 bits per heavy atom. The maximum absolute atomic E-state index is 6.41. The number of aromatic nitrogens is 2. The summed E-state index contributed by atoms with van der Waals surface area (Å²) in [5, 5.41) is 5.93. The van der Waals surface area contributed by atoms with Crippen LogP contribution in [0.3, 0.4) is 0 Å². The number of benzene rings is 4. The van der Waals surface area contributed by atoms with Crippen molar-refractivity contribution in [1.29, 1.82) is 0 Å². The Labute approximate surface area is 152 Å². The lowest BCUT2D eigenvalue weighted by molar-refractivity contribution is 0.655. The van der Waals surface area contributed by atoms with Crippen molar-refractivity contribution in [2.75, 3.05) is 0 Å². The summed E-state index contributed by atoms with van der Waals surface area (Å²) >= 11 is 6.41. The van der Waals surface area contributed by atoms with Gasteiger partial charge in [-0.25, -0.2) is 9.97 Å². The van der Waals surface area contributed by atoms with Gasteiger partial charge in [0.1, 0.15) is 16.6 Å². The second kappa shape index (κ2) is 4.93. The molecule has 0 amide bonds. The van der Waals surface area contributed by atoms with Crippen LogP contribution in [0.1, 0.15) is 0 Å². The van der Waals surface area contributed by atoms with Crippen molar-refractivity contribution >= 4 is 66.4 Å². The molecule has 0 atom stereocenters. The highest BCUT2D eigenvalue weighted by Crippen LogP contribution is 2.37. The smallest absolute Gasteiger partial charge is 0.246 e. The van der Waals surface area contributed by atoms with Crippen LogP contribution in [-0.4, -0.2) is 9.97 Å². The summed E-state index contributed by atoms with van der Waals surface area (Å²) in [5.41, 5.74) is 3.65. The Bertz CT molecular complexity index is 1500. The zero-order chi connectivity index (χ0) is 17.3. The van der Waals surface area contributed by atoms with E-state index in [0.717, 1.165) is 27.2 Å². The van der Waals surface area contributed by atoms with Gasteiger partial charge in [-0.3, -0.25) is 0 Å². The lowest BCUT2D eigenvalue weighted by Crippen LogP contribution is -1.89. The second-order valence-corrected chi connectivity index (χ2v) is 6.79. The third kappa shape index (κ3) is 1.73. The molecule has 0 saturated carbocycles. The van der Waals surface area contributed by atoms with Crippen molar-refractivity contribution in [2.24, 2.45) is 0 Å². The van der Waals surface area contributed by atoms with E-state index in [-0.39, 0.29) is 0 Å². The molecule has 0 unspecified atom stereocenters. The van der Waals surface area contributed by atoms with Crippen LogP contribution in [0.2, 0.25) is 5.02 Å². The van der Waals surface area contributed by atoms with Gasteiger partial charge in [0.2, 0.25) is 5.71 Å². The van der Waals surface area contributed by atoms with Gasteiger partial charge in [-0.2, -0.15) is 0 Å². The monoisotopic (exact) mass is 354 g/mol. The summed E-state index contributed by atoms with van der Waals surface area (Å²) in [5.74, 6) is 0. The van der Waals surface area contributed by atoms with E-state index in [1.54, 1.807) is 0 Å². The van der Waals surface area contributed by atoms with Gasteiger partial charge in [0, 0.05) is 10.8 Å². The minimum atomic E-state index is 0.515. The fourth-order valence-corrected chi connectivity index (χ4v) is 4.06. The fourth-order valence-electron chi connectivity index (χ4n) is 3.80. The van der Waals surface area contributed by atoms with Crippen LogP contribution in [0.5, 0.6) is 0 Å². The number of fused-ring (bicyclic) bond motifs is 9. The summed E-state index contributed by atoms with van der Waals surface area (Å²) in [7, 11) is 0. The second-order valence-electron chi connectivity index (χ2n) is 6.38. The molecule has 4 aromatic carbocycles. The molecule has 0 aliphatic rings. The number of rotatable bonds is 0. The van der Waals surface area contributed by atoms with Gasteiger partial charge in [-0.15, -0.1) is 0 Å². The van der Waals surface area contributed by atoms with E-state index < -0.39 is 0 Å². The highest BCUT2D eigenvalue weighted by molar-refractivity contribution is 6.37. The Hall–Kier alpha value is -3.17. The van der Waals surface area contributed by atoms with Crippen LogP contribution < -0.4 is 0 Å². The third-order valence-electron chi connectivity index (χ3n) is 4.94. The first-order valence-electron chi connectivity index (χ1n) is 8.39. The molecule has 26 heavy (non-hydrogen) atoms. The van der Waals surface area contributed by atoms with Crippen LogP contribution in [0.4, 0.5) is 0 Å². The predicted octanol–water partition coefficient (Wildman–Crippen LogP) is 6.49. The van der Waals surface area contributed by atoms with Gasteiger partial charge in [0.15, 0.2) is 0 Å².